The van der Waals surface area contributed by atoms with E-state index in [1.54, 1.807) is 18.2 Å². The van der Waals surface area contributed by atoms with Crippen LogP contribution in [0.4, 0.5) is 5.69 Å². The first-order valence-corrected chi connectivity index (χ1v) is 9.32. The van der Waals surface area contributed by atoms with Crippen LogP contribution in [0.25, 0.3) is 0 Å². The van der Waals surface area contributed by atoms with Gasteiger partial charge in [0.1, 0.15) is 25.4 Å². The van der Waals surface area contributed by atoms with Crippen molar-refractivity contribution < 1.29 is 19.2 Å². The number of amides is 1. The number of carbonyl (C=O) groups excluding carboxylic acids is 1. The van der Waals surface area contributed by atoms with Crippen molar-refractivity contribution in [2.75, 3.05) is 38.7 Å². The van der Waals surface area contributed by atoms with Gasteiger partial charge in [-0.05, 0) is 36.5 Å². The van der Waals surface area contributed by atoms with Crippen molar-refractivity contribution in [3.05, 3.63) is 59.7 Å². The Morgan fingerprint density at radius 1 is 1.15 bits per heavy atom. The maximum atomic E-state index is 12.4. The molecule has 2 aromatic rings. The van der Waals surface area contributed by atoms with E-state index >= 15 is 0 Å². The predicted molar refractivity (Wildman–Crippen MR) is 108 cm³/mol. The Morgan fingerprint density at radius 2 is 1.85 bits per heavy atom. The van der Waals surface area contributed by atoms with E-state index in [4.69, 9.17) is 21.7 Å². The summed E-state index contributed by atoms with van der Waals surface area (Å²) in [6.07, 6.45) is 0. The van der Waals surface area contributed by atoms with E-state index in [2.05, 4.69) is 22.8 Å². The molecule has 0 spiro atoms. The van der Waals surface area contributed by atoms with Gasteiger partial charge in [-0.2, -0.15) is 0 Å². The molecular formula is C20H24N3O3S+. The van der Waals surface area contributed by atoms with Crippen LogP contribution in [0.2, 0.25) is 0 Å². The molecule has 0 aliphatic carbocycles. The number of para-hydroxylation sites is 1. The maximum absolute atomic E-state index is 12.4. The highest BCUT2D eigenvalue weighted by Gasteiger charge is 2.15. The Kier molecular flexibility index (Phi) is 6.75. The average Bonchev–Trinajstić information content (AvgIpc) is 2.70. The normalized spacial score (nSPS) is 14.4. The summed E-state index contributed by atoms with van der Waals surface area (Å²) >= 11 is 5.25. The summed E-state index contributed by atoms with van der Waals surface area (Å²) in [6, 6.07) is 15.1. The van der Waals surface area contributed by atoms with Crippen LogP contribution in [0.3, 0.4) is 0 Å². The van der Waals surface area contributed by atoms with E-state index < -0.39 is 0 Å². The van der Waals surface area contributed by atoms with Crippen molar-refractivity contribution in [2.45, 2.75) is 6.54 Å². The van der Waals surface area contributed by atoms with Gasteiger partial charge in [-0.1, -0.05) is 24.3 Å². The summed E-state index contributed by atoms with van der Waals surface area (Å²) < 4.78 is 10.6. The topological polar surface area (TPSA) is 64.0 Å². The lowest BCUT2D eigenvalue weighted by atomic mass is 10.2. The number of hydrogen-bond acceptors (Lipinski definition) is 4. The summed E-state index contributed by atoms with van der Waals surface area (Å²) in [5.41, 5.74) is 2.54. The molecule has 7 heteroatoms. The Labute approximate surface area is 164 Å². The minimum absolute atomic E-state index is 0.248. The zero-order chi connectivity index (χ0) is 19.1. The standard InChI is InChI=1S/C20H23N3O3S/c1-25-18-5-3-2-4-17(18)19(24)22-20(27)21-16-8-6-15(7-9-16)14-23-10-12-26-13-11-23/h2-9H,10-14H2,1H3,(H2,21,22,24,27)/p+1. The molecule has 1 amide bonds. The summed E-state index contributed by atoms with van der Waals surface area (Å²) in [7, 11) is 1.53. The molecule has 3 rings (SSSR count). The molecule has 1 heterocycles. The fourth-order valence-electron chi connectivity index (χ4n) is 3.00. The molecule has 0 unspecified atom stereocenters. The molecule has 0 aromatic heterocycles. The predicted octanol–water partition coefficient (Wildman–Crippen LogP) is 1.24. The number of methoxy groups -OCH3 is 1. The van der Waals surface area contributed by atoms with Crippen LogP contribution in [0, 0.1) is 0 Å². The molecule has 3 N–H and O–H groups in total. The minimum atomic E-state index is -0.308. The second-order valence-electron chi connectivity index (χ2n) is 6.34. The van der Waals surface area contributed by atoms with Crippen molar-refractivity contribution >= 4 is 28.9 Å². The van der Waals surface area contributed by atoms with Crippen LogP contribution in [-0.4, -0.2) is 44.4 Å². The van der Waals surface area contributed by atoms with E-state index in [-0.39, 0.29) is 11.0 Å². The van der Waals surface area contributed by atoms with E-state index in [0.29, 0.717) is 11.3 Å². The first-order chi connectivity index (χ1) is 13.2. The highest BCUT2D eigenvalue weighted by Crippen LogP contribution is 2.17. The fraction of sp³-hybridized carbons (Fsp3) is 0.300. The zero-order valence-corrected chi connectivity index (χ0v) is 16.1. The highest BCUT2D eigenvalue weighted by molar-refractivity contribution is 7.80. The second-order valence-corrected chi connectivity index (χ2v) is 6.75. The van der Waals surface area contributed by atoms with Crippen molar-refractivity contribution in [1.29, 1.82) is 0 Å². The van der Waals surface area contributed by atoms with Crippen molar-refractivity contribution in [3.63, 3.8) is 0 Å². The second kappa shape index (κ2) is 9.45. The summed E-state index contributed by atoms with van der Waals surface area (Å²) in [6.45, 7) is 4.72. The number of quaternary nitrogens is 1. The Morgan fingerprint density at radius 3 is 2.56 bits per heavy atom. The monoisotopic (exact) mass is 386 g/mol. The van der Waals surface area contributed by atoms with E-state index in [1.165, 1.54) is 17.6 Å². The van der Waals surface area contributed by atoms with Crippen LogP contribution in [0.15, 0.2) is 48.5 Å². The molecule has 0 atom stereocenters. The Hall–Kier alpha value is -2.48. The molecule has 142 valence electrons. The molecule has 1 saturated heterocycles. The number of benzene rings is 2. The number of anilines is 1. The number of ether oxygens (including phenoxy) is 2. The van der Waals surface area contributed by atoms with Gasteiger partial charge in [0.15, 0.2) is 5.11 Å². The van der Waals surface area contributed by atoms with Gasteiger partial charge in [0.2, 0.25) is 0 Å². The fourth-order valence-corrected chi connectivity index (χ4v) is 3.21. The number of rotatable bonds is 5. The van der Waals surface area contributed by atoms with Crippen LogP contribution in [-0.2, 0) is 11.3 Å². The zero-order valence-electron chi connectivity index (χ0n) is 15.3. The van der Waals surface area contributed by atoms with Gasteiger partial charge in [-0.3, -0.25) is 10.1 Å². The van der Waals surface area contributed by atoms with Crippen molar-refractivity contribution in [2.24, 2.45) is 0 Å². The molecule has 2 aromatic carbocycles. The number of morpholine rings is 1. The molecule has 1 aliphatic heterocycles. The van der Waals surface area contributed by atoms with E-state index in [9.17, 15) is 4.79 Å². The molecule has 27 heavy (non-hydrogen) atoms. The first-order valence-electron chi connectivity index (χ1n) is 8.91. The Bertz CT molecular complexity index is 789. The van der Waals surface area contributed by atoms with Crippen molar-refractivity contribution in [1.82, 2.24) is 5.32 Å². The molecule has 0 bridgehead atoms. The maximum Gasteiger partial charge on any atom is 0.261 e. The van der Waals surface area contributed by atoms with Gasteiger partial charge < -0.3 is 19.7 Å². The van der Waals surface area contributed by atoms with Crippen molar-refractivity contribution in [3.8, 4) is 5.75 Å². The Balaban J connectivity index is 1.53. The smallest absolute Gasteiger partial charge is 0.261 e. The lowest BCUT2D eigenvalue weighted by Crippen LogP contribution is -3.12. The molecule has 1 aliphatic rings. The molecule has 0 radical (unpaired) electrons. The number of nitrogens with one attached hydrogen (secondary N) is 3. The molecular weight excluding hydrogens is 362 g/mol. The lowest BCUT2D eigenvalue weighted by molar-refractivity contribution is -0.921. The third-order valence-corrected chi connectivity index (χ3v) is 4.65. The third-order valence-electron chi connectivity index (χ3n) is 4.44. The van der Waals surface area contributed by atoms with Gasteiger partial charge >= 0.3 is 0 Å². The largest absolute Gasteiger partial charge is 0.496 e. The van der Waals surface area contributed by atoms with E-state index in [0.717, 1.165) is 38.5 Å². The van der Waals surface area contributed by atoms with Gasteiger partial charge in [-0.15, -0.1) is 0 Å². The van der Waals surface area contributed by atoms with Gasteiger partial charge in [0.05, 0.1) is 25.9 Å². The van der Waals surface area contributed by atoms with Crippen LogP contribution in [0.1, 0.15) is 15.9 Å². The van der Waals surface area contributed by atoms with Gasteiger partial charge in [-0.25, -0.2) is 0 Å². The number of hydrogen-bond donors (Lipinski definition) is 3. The van der Waals surface area contributed by atoms with Crippen LogP contribution in [0.5, 0.6) is 5.75 Å². The average molecular weight is 386 g/mol. The summed E-state index contributed by atoms with van der Waals surface area (Å²) in [4.78, 5) is 13.9. The number of thiocarbonyl (C=S) groups is 1. The number of carbonyl (C=O) groups is 1. The minimum Gasteiger partial charge on any atom is -0.496 e. The highest BCUT2D eigenvalue weighted by atomic mass is 32.1. The van der Waals surface area contributed by atoms with E-state index in [1.807, 2.05) is 18.2 Å². The summed E-state index contributed by atoms with van der Waals surface area (Å²) in [5, 5.41) is 5.97. The van der Waals surface area contributed by atoms with Gasteiger partial charge in [0.25, 0.3) is 5.91 Å². The SMILES string of the molecule is COc1ccccc1C(=O)NC(=S)Nc1ccc(C[NH+]2CCOCC2)cc1. The van der Waals surface area contributed by atoms with Crippen LogP contribution >= 0.6 is 12.2 Å². The van der Waals surface area contributed by atoms with Gasteiger partial charge in [0, 0.05) is 11.3 Å². The third kappa shape index (κ3) is 5.50. The first kappa shape index (κ1) is 19.3. The molecule has 6 nitrogen and oxygen atoms in total. The molecule has 1 fully saturated rings. The summed E-state index contributed by atoms with van der Waals surface area (Å²) in [5.74, 6) is 0.199. The molecule has 0 saturated carbocycles. The van der Waals surface area contributed by atoms with Crippen LogP contribution < -0.4 is 20.3 Å². The lowest BCUT2D eigenvalue weighted by Gasteiger charge is -2.23. The quantitative estimate of drug-likeness (QED) is 0.675.